The van der Waals surface area contributed by atoms with Crippen LogP contribution in [-0.4, -0.2) is 36.6 Å². The lowest BCUT2D eigenvalue weighted by Crippen LogP contribution is -2.40. The molecule has 0 saturated carbocycles. The number of rotatable bonds is 4. The second-order valence-corrected chi connectivity index (χ2v) is 6.72. The Bertz CT molecular complexity index is 890. The summed E-state index contributed by atoms with van der Waals surface area (Å²) >= 11 is 0. The Hall–Kier alpha value is -2.66. The van der Waals surface area contributed by atoms with E-state index in [1.165, 1.54) is 11.1 Å². The SMILES string of the molecule is CN(C)c1nc(NCC2Cc3ccccc3CN2)c2ccccc2n1. The summed E-state index contributed by atoms with van der Waals surface area (Å²) in [5.41, 5.74) is 3.81. The highest BCUT2D eigenvalue weighted by Crippen LogP contribution is 2.23. The molecule has 0 bridgehead atoms. The maximum atomic E-state index is 4.71. The van der Waals surface area contributed by atoms with Crippen molar-refractivity contribution in [2.75, 3.05) is 30.9 Å². The molecule has 1 aromatic heterocycles. The molecule has 0 amide bonds. The molecule has 1 atom stereocenters. The molecule has 5 nitrogen and oxygen atoms in total. The first-order valence-corrected chi connectivity index (χ1v) is 8.69. The minimum atomic E-state index is 0.395. The smallest absolute Gasteiger partial charge is 0.227 e. The first-order chi connectivity index (χ1) is 12.2. The largest absolute Gasteiger partial charge is 0.368 e. The number of hydrogen-bond acceptors (Lipinski definition) is 5. The van der Waals surface area contributed by atoms with Crippen LogP contribution in [0.3, 0.4) is 0 Å². The number of nitrogens with zero attached hydrogens (tertiary/aromatic N) is 3. The molecule has 1 aliphatic heterocycles. The van der Waals surface area contributed by atoms with Crippen LogP contribution in [0.1, 0.15) is 11.1 Å². The number of aromatic nitrogens is 2. The van der Waals surface area contributed by atoms with E-state index < -0.39 is 0 Å². The van der Waals surface area contributed by atoms with Gasteiger partial charge in [-0.25, -0.2) is 4.98 Å². The lowest BCUT2D eigenvalue weighted by molar-refractivity contribution is 0.497. The number of hydrogen-bond donors (Lipinski definition) is 2. The lowest BCUT2D eigenvalue weighted by Gasteiger charge is -2.26. The number of benzene rings is 2. The Morgan fingerprint density at radius 2 is 1.80 bits per heavy atom. The van der Waals surface area contributed by atoms with E-state index in [2.05, 4.69) is 45.9 Å². The van der Waals surface area contributed by atoms with E-state index in [9.17, 15) is 0 Å². The molecule has 1 aliphatic rings. The van der Waals surface area contributed by atoms with Gasteiger partial charge in [0, 0.05) is 38.6 Å². The van der Waals surface area contributed by atoms with Crippen LogP contribution < -0.4 is 15.5 Å². The summed E-state index contributed by atoms with van der Waals surface area (Å²) in [6.07, 6.45) is 1.03. The van der Waals surface area contributed by atoms with Gasteiger partial charge in [-0.3, -0.25) is 0 Å². The van der Waals surface area contributed by atoms with Crippen molar-refractivity contribution >= 4 is 22.7 Å². The van der Waals surface area contributed by atoms with Crippen molar-refractivity contribution in [2.24, 2.45) is 0 Å². The lowest BCUT2D eigenvalue weighted by atomic mass is 9.96. The second-order valence-electron chi connectivity index (χ2n) is 6.72. The van der Waals surface area contributed by atoms with E-state index in [1.807, 2.05) is 37.2 Å². The Labute approximate surface area is 148 Å². The number of nitrogens with one attached hydrogen (secondary N) is 2. The third kappa shape index (κ3) is 3.28. The van der Waals surface area contributed by atoms with E-state index in [0.717, 1.165) is 42.2 Å². The monoisotopic (exact) mass is 333 g/mol. The summed E-state index contributed by atoms with van der Waals surface area (Å²) in [7, 11) is 3.93. The van der Waals surface area contributed by atoms with Crippen LogP contribution in [0.2, 0.25) is 0 Å². The van der Waals surface area contributed by atoms with Crippen molar-refractivity contribution < 1.29 is 0 Å². The van der Waals surface area contributed by atoms with Gasteiger partial charge in [-0.15, -0.1) is 0 Å². The molecule has 0 fully saturated rings. The van der Waals surface area contributed by atoms with E-state index >= 15 is 0 Å². The Morgan fingerprint density at radius 1 is 1.04 bits per heavy atom. The second kappa shape index (κ2) is 6.69. The molecule has 4 rings (SSSR count). The fraction of sp³-hybridized carbons (Fsp3) is 0.300. The van der Waals surface area contributed by atoms with Crippen LogP contribution in [0.5, 0.6) is 0 Å². The molecular weight excluding hydrogens is 310 g/mol. The molecule has 0 spiro atoms. The average molecular weight is 333 g/mol. The zero-order valence-corrected chi connectivity index (χ0v) is 14.7. The number of para-hydroxylation sites is 1. The Morgan fingerprint density at radius 3 is 2.64 bits per heavy atom. The van der Waals surface area contributed by atoms with E-state index in [0.29, 0.717) is 6.04 Å². The molecule has 0 saturated heterocycles. The third-order valence-corrected chi connectivity index (χ3v) is 4.67. The summed E-state index contributed by atoms with van der Waals surface area (Å²) in [4.78, 5) is 11.3. The van der Waals surface area contributed by atoms with Crippen LogP contribution in [-0.2, 0) is 13.0 Å². The van der Waals surface area contributed by atoms with Crippen LogP contribution in [0.4, 0.5) is 11.8 Å². The molecule has 5 heteroatoms. The fourth-order valence-corrected chi connectivity index (χ4v) is 3.28. The predicted octanol–water partition coefficient (Wildman–Crippen LogP) is 2.82. The first kappa shape index (κ1) is 15.8. The quantitative estimate of drug-likeness (QED) is 0.769. The van der Waals surface area contributed by atoms with Crippen molar-refractivity contribution in [1.82, 2.24) is 15.3 Å². The van der Waals surface area contributed by atoms with Gasteiger partial charge in [0.1, 0.15) is 5.82 Å². The summed E-state index contributed by atoms with van der Waals surface area (Å²) in [6, 6.07) is 17.2. The predicted molar refractivity (Wildman–Crippen MR) is 103 cm³/mol. The highest BCUT2D eigenvalue weighted by Gasteiger charge is 2.18. The minimum absolute atomic E-state index is 0.395. The van der Waals surface area contributed by atoms with Gasteiger partial charge in [-0.05, 0) is 29.7 Å². The zero-order chi connectivity index (χ0) is 17.2. The topological polar surface area (TPSA) is 53.1 Å². The molecular formula is C20H23N5. The molecule has 0 aliphatic carbocycles. The van der Waals surface area contributed by atoms with Gasteiger partial charge >= 0.3 is 0 Å². The van der Waals surface area contributed by atoms with Crippen LogP contribution in [0.15, 0.2) is 48.5 Å². The fourth-order valence-electron chi connectivity index (χ4n) is 3.28. The summed E-state index contributed by atoms with van der Waals surface area (Å²) in [5, 5.41) is 8.22. The molecule has 2 N–H and O–H groups in total. The number of anilines is 2. The third-order valence-electron chi connectivity index (χ3n) is 4.67. The van der Waals surface area contributed by atoms with Crippen molar-refractivity contribution in [3.8, 4) is 0 Å². The van der Waals surface area contributed by atoms with E-state index in [1.54, 1.807) is 0 Å². The van der Waals surface area contributed by atoms with Gasteiger partial charge in [0.25, 0.3) is 0 Å². The highest BCUT2D eigenvalue weighted by atomic mass is 15.2. The van der Waals surface area contributed by atoms with Gasteiger partial charge < -0.3 is 15.5 Å². The minimum Gasteiger partial charge on any atom is -0.368 e. The van der Waals surface area contributed by atoms with Crippen LogP contribution in [0.25, 0.3) is 10.9 Å². The zero-order valence-electron chi connectivity index (χ0n) is 14.7. The molecule has 1 unspecified atom stereocenters. The van der Waals surface area contributed by atoms with Gasteiger partial charge in [-0.1, -0.05) is 36.4 Å². The van der Waals surface area contributed by atoms with Crippen molar-refractivity contribution in [3.05, 3.63) is 59.7 Å². The van der Waals surface area contributed by atoms with Crippen molar-refractivity contribution in [3.63, 3.8) is 0 Å². The first-order valence-electron chi connectivity index (χ1n) is 8.69. The maximum Gasteiger partial charge on any atom is 0.227 e. The standard InChI is InChI=1S/C20H23N5/c1-25(2)20-23-18-10-6-5-9-17(18)19(24-20)22-13-16-11-14-7-3-4-8-15(14)12-21-16/h3-10,16,21H,11-13H2,1-2H3,(H,22,23,24). The summed E-state index contributed by atoms with van der Waals surface area (Å²) in [5.74, 6) is 1.62. The number of fused-ring (bicyclic) bond motifs is 2. The highest BCUT2D eigenvalue weighted by molar-refractivity contribution is 5.90. The van der Waals surface area contributed by atoms with Crippen molar-refractivity contribution in [1.29, 1.82) is 0 Å². The van der Waals surface area contributed by atoms with Gasteiger partial charge in [0.2, 0.25) is 5.95 Å². The van der Waals surface area contributed by atoms with Crippen LogP contribution in [0, 0.1) is 0 Å². The average Bonchev–Trinajstić information content (AvgIpc) is 2.65. The van der Waals surface area contributed by atoms with Gasteiger partial charge in [0.05, 0.1) is 5.52 Å². The molecule has 128 valence electrons. The molecule has 2 aromatic carbocycles. The van der Waals surface area contributed by atoms with Crippen LogP contribution >= 0.6 is 0 Å². The van der Waals surface area contributed by atoms with Crippen molar-refractivity contribution in [2.45, 2.75) is 19.0 Å². The van der Waals surface area contributed by atoms with E-state index in [4.69, 9.17) is 4.98 Å². The van der Waals surface area contributed by atoms with E-state index in [-0.39, 0.29) is 0 Å². The normalized spacial score (nSPS) is 16.5. The molecule has 3 aromatic rings. The summed E-state index contributed by atoms with van der Waals surface area (Å²) in [6.45, 7) is 1.76. The summed E-state index contributed by atoms with van der Waals surface area (Å²) < 4.78 is 0. The van der Waals surface area contributed by atoms with Gasteiger partial charge in [-0.2, -0.15) is 4.98 Å². The molecule has 25 heavy (non-hydrogen) atoms. The Kier molecular flexibility index (Phi) is 4.24. The molecule has 2 heterocycles. The Balaban J connectivity index is 1.55. The molecule has 0 radical (unpaired) electrons. The maximum absolute atomic E-state index is 4.71. The van der Waals surface area contributed by atoms with Gasteiger partial charge in [0.15, 0.2) is 0 Å².